The summed E-state index contributed by atoms with van der Waals surface area (Å²) in [6, 6.07) is 19.0. The number of nitrogens with zero attached hydrogens (tertiary/aromatic N) is 6. The normalized spacial score (nSPS) is 13.4. The van der Waals surface area contributed by atoms with Gasteiger partial charge in [-0.1, -0.05) is 52.0 Å². The molecule has 0 spiro atoms. The molecule has 0 radical (unpaired) electrons. The van der Waals surface area contributed by atoms with Crippen LogP contribution in [-0.2, 0) is 42.9 Å². The van der Waals surface area contributed by atoms with E-state index >= 15 is 4.39 Å². The van der Waals surface area contributed by atoms with Gasteiger partial charge >= 0.3 is 23.9 Å². The topological polar surface area (TPSA) is 364 Å². The number of oxime groups is 2. The maximum atomic E-state index is 15.6. The van der Waals surface area contributed by atoms with Crippen molar-refractivity contribution in [3.05, 3.63) is 187 Å². The maximum Gasteiger partial charge on any atom is 0.338 e. The third kappa shape index (κ3) is 18.4. The smallest absolute Gasteiger partial charge is 0.338 e. The van der Waals surface area contributed by atoms with E-state index in [0.717, 1.165) is 110 Å². The third-order valence-corrected chi connectivity index (χ3v) is 12.8. The molecule has 0 amide bonds. The van der Waals surface area contributed by atoms with E-state index in [4.69, 9.17) is 57.9 Å². The molecule has 0 heterocycles. The van der Waals surface area contributed by atoms with E-state index < -0.39 is 107 Å². The summed E-state index contributed by atoms with van der Waals surface area (Å²) >= 11 is 17.9. The molecule has 5 aromatic carbocycles. The lowest BCUT2D eigenvalue weighted by molar-refractivity contribution is -0.385. The molecule has 27 nitrogen and oxygen atoms in total. The highest BCUT2D eigenvalue weighted by atomic mass is 35.5. The van der Waals surface area contributed by atoms with Crippen LogP contribution in [0.1, 0.15) is 48.4 Å². The molecule has 80 heavy (non-hydrogen) atoms. The second kappa shape index (κ2) is 29.8. The van der Waals surface area contributed by atoms with E-state index in [9.17, 15) is 72.4 Å². The van der Waals surface area contributed by atoms with Crippen molar-refractivity contribution >= 4 is 104 Å². The van der Waals surface area contributed by atoms with Crippen molar-refractivity contribution in [2.75, 3.05) is 27.4 Å². The zero-order valence-electron chi connectivity index (χ0n) is 41.0. The van der Waals surface area contributed by atoms with Gasteiger partial charge in [0.05, 0.1) is 76.1 Å². The first-order chi connectivity index (χ1) is 37.8. The molecule has 0 aliphatic rings. The Hall–Kier alpha value is -8.84. The minimum Gasteiger partial charge on any atom is -0.462 e. The Labute approximate surface area is 464 Å². The average Bonchev–Trinajstić information content (AvgIpc) is 3.44. The lowest BCUT2D eigenvalue weighted by Crippen LogP contribution is -2.45. The molecule has 0 saturated carbocycles. The van der Waals surface area contributed by atoms with Crippen LogP contribution in [0.25, 0.3) is 0 Å². The minimum atomic E-state index is -5.02. The summed E-state index contributed by atoms with van der Waals surface area (Å²) in [6.45, 7) is -0.00711. The number of nitro benzene ring substituents is 4. The number of carbonyl (C=O) groups excluding carboxylic acids is 4. The minimum absolute atomic E-state index is 0.0370. The van der Waals surface area contributed by atoms with Gasteiger partial charge in [-0.05, 0) is 60.7 Å². The monoisotopic (exact) mass is 1200 g/mol. The van der Waals surface area contributed by atoms with E-state index in [1.807, 2.05) is 0 Å². The van der Waals surface area contributed by atoms with Gasteiger partial charge in [0.2, 0.25) is 0 Å². The highest BCUT2D eigenvalue weighted by Crippen LogP contribution is 2.34. The summed E-state index contributed by atoms with van der Waals surface area (Å²) in [5.74, 6) is -5.09. The Morgan fingerprint density at radius 2 is 0.863 bits per heavy atom. The number of esters is 4. The Kier molecular flexibility index (Phi) is 23.7. The summed E-state index contributed by atoms with van der Waals surface area (Å²) in [7, 11) is -2.78. The number of benzene rings is 5. The molecule has 424 valence electrons. The summed E-state index contributed by atoms with van der Waals surface area (Å²) < 4.78 is 82.9. The molecule has 0 aliphatic carbocycles. The number of non-ortho nitro benzene ring substituents is 4. The molecule has 0 saturated heterocycles. The highest BCUT2D eigenvalue weighted by molar-refractivity contribution is 7.87. The summed E-state index contributed by atoms with van der Waals surface area (Å²) in [5.41, 5.74) is -1.74. The Morgan fingerprint density at radius 3 is 1.23 bits per heavy atom. The molecule has 0 fully saturated rings. The van der Waals surface area contributed by atoms with Crippen LogP contribution in [0.4, 0.5) is 31.5 Å². The molecule has 0 unspecified atom stereocenters. The molecular formula is C47H39Cl3F2N6O21S. The summed E-state index contributed by atoms with van der Waals surface area (Å²) in [5, 5.41) is 49.1. The third-order valence-electron chi connectivity index (χ3n) is 10.3. The number of hydrogen-bond donors (Lipinski definition) is 0. The fourth-order valence-corrected chi connectivity index (χ4v) is 8.27. The lowest BCUT2D eigenvalue weighted by atomic mass is 10.0. The van der Waals surface area contributed by atoms with Crippen LogP contribution < -0.4 is 0 Å². The fraction of sp³-hybridized carbons (Fsp3) is 0.234. The first-order valence-electron chi connectivity index (χ1n) is 22.0. The average molecular weight is 1200 g/mol. The van der Waals surface area contributed by atoms with E-state index in [0.29, 0.717) is 6.21 Å². The van der Waals surface area contributed by atoms with Crippen LogP contribution >= 0.6 is 34.8 Å². The fourth-order valence-electron chi connectivity index (χ4n) is 6.22. The molecule has 5 aromatic rings. The van der Waals surface area contributed by atoms with Crippen molar-refractivity contribution in [2.45, 2.75) is 42.5 Å². The van der Waals surface area contributed by atoms with E-state index in [1.54, 1.807) is 0 Å². The molecule has 5 rings (SSSR count). The van der Waals surface area contributed by atoms with Gasteiger partial charge in [-0.2, -0.15) is 8.42 Å². The van der Waals surface area contributed by atoms with Gasteiger partial charge in [0.1, 0.15) is 31.8 Å². The number of hydrogen-bond acceptors (Lipinski definition) is 23. The summed E-state index contributed by atoms with van der Waals surface area (Å²) in [6.07, 6.45) is -9.03. The van der Waals surface area contributed by atoms with Crippen LogP contribution in [0.15, 0.2) is 124 Å². The number of alkyl halides is 2. The van der Waals surface area contributed by atoms with Crippen molar-refractivity contribution in [1.82, 2.24) is 0 Å². The zero-order chi connectivity index (χ0) is 59.4. The Balaban J connectivity index is 0.000000361. The van der Waals surface area contributed by atoms with Gasteiger partial charge in [-0.3, -0.25) is 44.6 Å². The molecular weight excluding hydrogens is 1160 g/mol. The van der Waals surface area contributed by atoms with E-state index in [1.165, 1.54) is 26.2 Å². The number of ether oxygens (including phenoxy) is 4. The van der Waals surface area contributed by atoms with Crippen LogP contribution in [0, 0.1) is 46.4 Å². The standard InChI is InChI=1S/C26H19Cl3FN3O12S.C21H20FN3O9/c1-42-31-12-21(30)24(44-26(35)15-4-8-17(9-5-15)33(38)39)22(13-43-25(34)14-2-6-16(7-3-14)32(36)37)45-46(40,41)23-11-19(28)18(27)10-20(23)29;1-13(12-33-20(26)14-3-7-16(8-4-14)24(28)29)19(18(22)11-23-32-2)34-21(27)15-5-9-17(10-6-15)25(30)31/h2-12,21-22,24H,13H2,1H3;3-11,13,18-19H,12H2,1-2H3/t21-,22-,24+;13-,18+,19+/m10/s1. The van der Waals surface area contributed by atoms with Gasteiger partial charge in [-0.15, -0.1) is 0 Å². The first kappa shape index (κ1) is 63.7. The summed E-state index contributed by atoms with van der Waals surface area (Å²) in [4.78, 5) is 99.2. The molecule has 0 bridgehead atoms. The molecule has 0 aromatic heterocycles. The number of carbonyl (C=O) groups is 4. The largest absolute Gasteiger partial charge is 0.462 e. The predicted octanol–water partition coefficient (Wildman–Crippen LogP) is 9.08. The highest BCUT2D eigenvalue weighted by Gasteiger charge is 2.40. The molecule has 6 atom stereocenters. The van der Waals surface area contributed by atoms with Crippen LogP contribution in [0.5, 0.6) is 0 Å². The number of rotatable bonds is 25. The van der Waals surface area contributed by atoms with Gasteiger partial charge in [-0.25, -0.2) is 28.0 Å². The number of halogens is 5. The predicted molar refractivity (Wildman–Crippen MR) is 275 cm³/mol. The molecule has 0 N–H and O–H groups in total. The van der Waals surface area contributed by atoms with Crippen LogP contribution in [-0.4, -0.2) is 123 Å². The SMILES string of the molecule is CON=C[C@@H](F)[C@H](OC(=O)c1ccc([N+](=O)[O-])cc1)[C@@H](C)COC(=O)c1ccc([N+](=O)[O-])cc1.CON=C[C@@H](F)[C@H](OC(=O)c1ccc([N+](=O)[O-])cc1)[C@@H](COC(=O)c1ccc([N+](=O)[O-])cc1)OS(=O)(=O)c1cc(Cl)c(Cl)cc1Cl. The van der Waals surface area contributed by atoms with Crippen molar-refractivity contribution in [3.8, 4) is 0 Å². The maximum absolute atomic E-state index is 15.6. The van der Waals surface area contributed by atoms with Crippen molar-refractivity contribution in [2.24, 2.45) is 16.2 Å². The van der Waals surface area contributed by atoms with E-state index in [-0.39, 0.29) is 61.7 Å². The van der Waals surface area contributed by atoms with Gasteiger partial charge in [0.25, 0.3) is 32.9 Å². The number of nitro groups is 4. The Bertz CT molecular complexity index is 3240. The van der Waals surface area contributed by atoms with Gasteiger partial charge in [0.15, 0.2) is 24.6 Å². The van der Waals surface area contributed by atoms with Gasteiger partial charge in [0, 0.05) is 54.4 Å². The van der Waals surface area contributed by atoms with Crippen LogP contribution in [0.3, 0.4) is 0 Å². The second-order valence-electron chi connectivity index (χ2n) is 15.7. The zero-order valence-corrected chi connectivity index (χ0v) is 44.1. The first-order valence-corrected chi connectivity index (χ1v) is 24.6. The Morgan fingerprint density at radius 1 is 0.537 bits per heavy atom. The molecule has 33 heteroatoms. The molecule has 0 aliphatic heterocycles. The van der Waals surface area contributed by atoms with Crippen molar-refractivity contribution in [3.63, 3.8) is 0 Å². The van der Waals surface area contributed by atoms with Crippen LogP contribution in [0.2, 0.25) is 15.1 Å². The van der Waals surface area contributed by atoms with Crippen molar-refractivity contribution in [1.29, 1.82) is 0 Å². The second-order valence-corrected chi connectivity index (χ2v) is 18.4. The van der Waals surface area contributed by atoms with Gasteiger partial charge < -0.3 is 28.6 Å². The van der Waals surface area contributed by atoms with Crippen molar-refractivity contribution < 1.29 is 88.9 Å². The quantitative estimate of drug-likeness (QED) is 0.00999. The lowest BCUT2D eigenvalue weighted by Gasteiger charge is -2.27. The van der Waals surface area contributed by atoms with E-state index in [2.05, 4.69) is 20.0 Å².